The molecule has 3 fully saturated rings. The maximum absolute atomic E-state index is 14.4. The molecule has 1 aromatic carbocycles. The van der Waals surface area contributed by atoms with Gasteiger partial charge in [-0.25, -0.2) is 9.37 Å². The van der Waals surface area contributed by atoms with Gasteiger partial charge in [0.1, 0.15) is 24.4 Å². The van der Waals surface area contributed by atoms with E-state index in [1.165, 1.54) is 16.2 Å². The third-order valence-electron chi connectivity index (χ3n) is 7.94. The summed E-state index contributed by atoms with van der Waals surface area (Å²) in [5.74, 6) is -1.27. The van der Waals surface area contributed by atoms with E-state index >= 15 is 0 Å². The van der Waals surface area contributed by atoms with Crippen LogP contribution in [-0.4, -0.2) is 89.2 Å². The molecule has 3 atom stereocenters. The molecule has 2 aliphatic heterocycles. The highest BCUT2D eigenvalue weighted by molar-refractivity contribution is 7.13. The van der Waals surface area contributed by atoms with Gasteiger partial charge in [-0.15, -0.1) is 11.3 Å². The standard InChI is InChI=1S/C30H39FN4O7S/c1-17-24(43-16-33-17)18-5-6-19(22(11-18)42-15-23-40-9-10-41-23)13-32-26(37)21-12-20(36)14-35(21)27(38)25(29(2,3)4)34-28(39)30(31)7-8-30/h5-6,11,16,20-21,23,25,36H,7-10,12-15H2,1-4H3,(H,32,37)(H,34,39)/t20-,21+,25-/m1/s1. The lowest BCUT2D eigenvalue weighted by Gasteiger charge is -2.35. The number of ether oxygens (including phenoxy) is 3. The Bertz CT molecular complexity index is 1350. The van der Waals surface area contributed by atoms with Crippen molar-refractivity contribution in [2.45, 2.75) is 83.6 Å². The van der Waals surface area contributed by atoms with Gasteiger partial charge < -0.3 is 34.9 Å². The highest BCUT2D eigenvalue weighted by Crippen LogP contribution is 2.40. The molecule has 5 rings (SSSR count). The van der Waals surface area contributed by atoms with Crippen molar-refractivity contribution in [2.75, 3.05) is 26.4 Å². The number of aliphatic hydroxyl groups excluding tert-OH is 1. The molecule has 11 nitrogen and oxygen atoms in total. The minimum absolute atomic E-state index is 0.0404. The molecule has 13 heteroatoms. The van der Waals surface area contributed by atoms with Gasteiger partial charge in [0.05, 0.1) is 35.4 Å². The van der Waals surface area contributed by atoms with Crippen LogP contribution in [0.3, 0.4) is 0 Å². The number of carbonyl (C=O) groups excluding carboxylic acids is 3. The monoisotopic (exact) mass is 618 g/mol. The number of hydrogen-bond donors (Lipinski definition) is 3. The zero-order valence-electron chi connectivity index (χ0n) is 24.9. The lowest BCUT2D eigenvalue weighted by atomic mass is 9.85. The first-order chi connectivity index (χ1) is 20.4. The van der Waals surface area contributed by atoms with Crippen molar-refractivity contribution >= 4 is 29.1 Å². The second-order valence-corrected chi connectivity index (χ2v) is 13.3. The van der Waals surface area contributed by atoms with Crippen molar-refractivity contribution in [2.24, 2.45) is 5.41 Å². The van der Waals surface area contributed by atoms with Crippen molar-refractivity contribution < 1.29 is 38.1 Å². The van der Waals surface area contributed by atoms with E-state index in [1.807, 2.05) is 25.1 Å². The number of nitrogens with zero attached hydrogens (tertiary/aromatic N) is 2. The number of thiazole rings is 1. The quantitative estimate of drug-likeness (QED) is 0.369. The number of amides is 3. The van der Waals surface area contributed by atoms with E-state index in [0.717, 1.165) is 16.1 Å². The second kappa shape index (κ2) is 12.5. The van der Waals surface area contributed by atoms with Gasteiger partial charge in [0.25, 0.3) is 5.91 Å². The molecule has 2 saturated heterocycles. The summed E-state index contributed by atoms with van der Waals surface area (Å²) in [6, 6.07) is 3.65. The number of alkyl halides is 1. The summed E-state index contributed by atoms with van der Waals surface area (Å²) in [7, 11) is 0. The number of rotatable bonds is 10. The first kappa shape index (κ1) is 31.3. The Labute approximate surface area is 254 Å². The fourth-order valence-corrected chi connectivity index (χ4v) is 6.04. The first-order valence-electron chi connectivity index (χ1n) is 14.5. The highest BCUT2D eigenvalue weighted by atomic mass is 32.1. The molecule has 3 heterocycles. The summed E-state index contributed by atoms with van der Waals surface area (Å²) >= 11 is 1.52. The summed E-state index contributed by atoms with van der Waals surface area (Å²) in [6.07, 6.45) is -1.12. The number of benzene rings is 1. The number of aliphatic hydroxyl groups is 1. The Hall–Kier alpha value is -3.13. The number of aryl methyl sites for hydroxylation is 1. The Balaban J connectivity index is 1.30. The average Bonchev–Trinajstić information content (AvgIpc) is 3.34. The van der Waals surface area contributed by atoms with E-state index in [0.29, 0.717) is 24.5 Å². The zero-order valence-corrected chi connectivity index (χ0v) is 25.7. The van der Waals surface area contributed by atoms with E-state index < -0.39 is 53.3 Å². The van der Waals surface area contributed by atoms with Gasteiger partial charge in [0.15, 0.2) is 12.0 Å². The average molecular weight is 619 g/mol. The van der Waals surface area contributed by atoms with E-state index in [2.05, 4.69) is 15.6 Å². The van der Waals surface area contributed by atoms with E-state index in [9.17, 15) is 23.9 Å². The zero-order chi connectivity index (χ0) is 30.9. The van der Waals surface area contributed by atoms with Crippen LogP contribution in [-0.2, 0) is 30.4 Å². The second-order valence-electron chi connectivity index (χ2n) is 12.4. The van der Waals surface area contributed by atoms with Crippen LogP contribution >= 0.6 is 11.3 Å². The number of β-amino-alcohol motifs (C(OH)–C–C–N with tert-alkyl or cyclic N) is 1. The van der Waals surface area contributed by atoms with Crippen molar-refractivity contribution in [3.05, 3.63) is 35.0 Å². The fourth-order valence-electron chi connectivity index (χ4n) is 5.23. The van der Waals surface area contributed by atoms with E-state index in [4.69, 9.17) is 14.2 Å². The molecule has 234 valence electrons. The number of nitrogens with one attached hydrogen (secondary N) is 2. The molecule has 0 bridgehead atoms. The van der Waals surface area contributed by atoms with E-state index in [1.54, 1.807) is 26.3 Å². The van der Waals surface area contributed by atoms with Crippen molar-refractivity contribution in [3.63, 3.8) is 0 Å². The highest BCUT2D eigenvalue weighted by Gasteiger charge is 2.53. The molecule has 3 N–H and O–H groups in total. The normalized spacial score (nSPS) is 22.3. The van der Waals surface area contributed by atoms with Gasteiger partial charge in [0, 0.05) is 25.1 Å². The van der Waals surface area contributed by atoms with Gasteiger partial charge in [-0.2, -0.15) is 0 Å². The van der Waals surface area contributed by atoms with Crippen molar-refractivity contribution in [1.29, 1.82) is 0 Å². The molecule has 1 aromatic heterocycles. The lowest BCUT2D eigenvalue weighted by Crippen LogP contribution is -2.59. The third-order valence-corrected chi connectivity index (χ3v) is 8.92. The van der Waals surface area contributed by atoms with Gasteiger partial charge in [0.2, 0.25) is 11.8 Å². The van der Waals surface area contributed by atoms with Crippen molar-refractivity contribution in [1.82, 2.24) is 20.5 Å². The summed E-state index contributed by atoms with van der Waals surface area (Å²) in [6.45, 7) is 8.40. The molecule has 0 spiro atoms. The van der Waals surface area contributed by atoms with Crippen LogP contribution < -0.4 is 15.4 Å². The lowest BCUT2D eigenvalue weighted by molar-refractivity contribution is -0.145. The van der Waals surface area contributed by atoms with Crippen LogP contribution in [0, 0.1) is 12.3 Å². The smallest absolute Gasteiger partial charge is 0.258 e. The Kier molecular flexibility index (Phi) is 9.07. The molecule has 3 amide bonds. The molecular formula is C30H39FN4O7S. The van der Waals surface area contributed by atoms with Crippen LogP contribution in [0.2, 0.25) is 0 Å². The van der Waals surface area contributed by atoms with Crippen LogP contribution in [0.25, 0.3) is 10.4 Å². The number of aromatic nitrogens is 1. The fraction of sp³-hybridized carbons (Fsp3) is 0.600. The molecule has 0 radical (unpaired) electrons. The molecule has 1 aliphatic carbocycles. The summed E-state index contributed by atoms with van der Waals surface area (Å²) in [5.41, 5.74) is 1.59. The molecular weight excluding hydrogens is 579 g/mol. The number of halogens is 1. The van der Waals surface area contributed by atoms with E-state index in [-0.39, 0.29) is 39.0 Å². The predicted octanol–water partition coefficient (Wildman–Crippen LogP) is 2.48. The van der Waals surface area contributed by atoms with Crippen molar-refractivity contribution in [3.8, 4) is 16.2 Å². The summed E-state index contributed by atoms with van der Waals surface area (Å²) in [4.78, 5) is 46.3. The molecule has 2 aromatic rings. The number of likely N-dealkylation sites (tertiary alicyclic amines) is 1. The van der Waals surface area contributed by atoms with Gasteiger partial charge in [-0.05, 0) is 36.8 Å². The van der Waals surface area contributed by atoms with Gasteiger partial charge in [-0.1, -0.05) is 32.9 Å². The third kappa shape index (κ3) is 7.17. The Morgan fingerprint density at radius 1 is 1.26 bits per heavy atom. The summed E-state index contributed by atoms with van der Waals surface area (Å²) < 4.78 is 31.5. The molecule has 43 heavy (non-hydrogen) atoms. The maximum atomic E-state index is 14.4. The molecule has 0 unspecified atom stereocenters. The van der Waals surface area contributed by atoms with Gasteiger partial charge in [-0.3, -0.25) is 14.4 Å². The van der Waals surface area contributed by atoms with Gasteiger partial charge >= 0.3 is 0 Å². The van der Waals surface area contributed by atoms with Crippen LogP contribution in [0.15, 0.2) is 23.7 Å². The molecule has 3 aliphatic rings. The minimum Gasteiger partial charge on any atom is -0.488 e. The largest absolute Gasteiger partial charge is 0.488 e. The topological polar surface area (TPSA) is 139 Å². The predicted molar refractivity (Wildman–Crippen MR) is 156 cm³/mol. The number of hydrogen-bond acceptors (Lipinski definition) is 9. The Morgan fingerprint density at radius 2 is 1.98 bits per heavy atom. The SMILES string of the molecule is Cc1ncsc1-c1ccc(CNC(=O)[C@@H]2C[C@@H](O)CN2C(=O)[C@@H](NC(=O)C2(F)CC2)C(C)(C)C)c(OCC2OCCO2)c1. The Morgan fingerprint density at radius 3 is 2.60 bits per heavy atom. The van der Waals surface area contributed by atoms with Crippen LogP contribution in [0.1, 0.15) is 51.3 Å². The minimum atomic E-state index is -1.95. The first-order valence-corrected chi connectivity index (χ1v) is 15.4. The summed E-state index contributed by atoms with van der Waals surface area (Å²) in [5, 5.41) is 15.9. The maximum Gasteiger partial charge on any atom is 0.258 e. The molecule has 1 saturated carbocycles. The number of carbonyl (C=O) groups is 3. The van der Waals surface area contributed by atoms with Crippen LogP contribution in [0.5, 0.6) is 5.75 Å². The van der Waals surface area contributed by atoms with Crippen LogP contribution in [0.4, 0.5) is 4.39 Å².